The van der Waals surface area contributed by atoms with Crippen LogP contribution in [0.5, 0.6) is 0 Å². The second kappa shape index (κ2) is 6.80. The second-order valence-electron chi connectivity index (χ2n) is 3.96. The minimum absolute atomic E-state index is 0.00578. The predicted octanol–water partition coefficient (Wildman–Crippen LogP) is 2.53. The number of nitrogens with zero attached hydrogens (tertiary/aromatic N) is 1. The van der Waals surface area contributed by atoms with Crippen molar-refractivity contribution in [1.82, 2.24) is 10.2 Å². The highest BCUT2D eigenvalue weighted by Gasteiger charge is 2.28. The van der Waals surface area contributed by atoms with E-state index in [9.17, 15) is 22.4 Å². The molecule has 7 heteroatoms. The molecule has 0 aliphatic carbocycles. The third-order valence-electron chi connectivity index (χ3n) is 2.30. The Morgan fingerprint density at radius 1 is 1.30 bits per heavy atom. The van der Waals surface area contributed by atoms with Crippen LogP contribution in [0.25, 0.3) is 0 Å². The minimum Gasteiger partial charge on any atom is -0.329 e. The van der Waals surface area contributed by atoms with Crippen LogP contribution in [0.1, 0.15) is 5.56 Å². The highest BCUT2D eigenvalue weighted by molar-refractivity contribution is 5.74. The standard InChI is InChI=1S/C13H12F4N2O/c1-2-7-19(12(20)18-9-13(15,16)17)8-10-3-5-11(14)6-4-10/h1,3-6H,7-9H2,(H,18,20). The minimum atomic E-state index is -4.49. The van der Waals surface area contributed by atoms with Crippen molar-refractivity contribution in [3.63, 3.8) is 0 Å². The van der Waals surface area contributed by atoms with E-state index in [1.54, 1.807) is 5.32 Å². The molecule has 0 saturated heterocycles. The van der Waals surface area contributed by atoms with Gasteiger partial charge in [-0.05, 0) is 17.7 Å². The van der Waals surface area contributed by atoms with Crippen molar-refractivity contribution in [3.8, 4) is 12.3 Å². The number of terminal acetylenes is 1. The average molecular weight is 288 g/mol. The molecule has 0 aliphatic heterocycles. The molecule has 3 nitrogen and oxygen atoms in total. The number of alkyl halides is 3. The van der Waals surface area contributed by atoms with E-state index in [0.717, 1.165) is 4.90 Å². The van der Waals surface area contributed by atoms with E-state index in [2.05, 4.69) is 5.92 Å². The van der Waals surface area contributed by atoms with Gasteiger partial charge in [0.15, 0.2) is 0 Å². The predicted molar refractivity (Wildman–Crippen MR) is 65.1 cm³/mol. The summed E-state index contributed by atoms with van der Waals surface area (Å²) in [5.41, 5.74) is 0.559. The third kappa shape index (κ3) is 5.61. The molecule has 0 unspecified atom stereocenters. The zero-order valence-electron chi connectivity index (χ0n) is 10.4. The average Bonchev–Trinajstić information content (AvgIpc) is 2.37. The molecule has 0 bridgehead atoms. The van der Waals surface area contributed by atoms with E-state index < -0.39 is 24.6 Å². The molecule has 0 fully saturated rings. The maximum atomic E-state index is 12.7. The largest absolute Gasteiger partial charge is 0.405 e. The zero-order chi connectivity index (χ0) is 15.2. The summed E-state index contributed by atoms with van der Waals surface area (Å²) in [6, 6.07) is 4.31. The lowest BCUT2D eigenvalue weighted by Crippen LogP contribution is -2.43. The molecule has 1 N–H and O–H groups in total. The Balaban J connectivity index is 2.66. The molecule has 0 radical (unpaired) electrons. The zero-order valence-corrected chi connectivity index (χ0v) is 10.4. The van der Waals surface area contributed by atoms with Crippen molar-refractivity contribution in [2.45, 2.75) is 12.7 Å². The summed E-state index contributed by atoms with van der Waals surface area (Å²) < 4.78 is 48.8. The van der Waals surface area contributed by atoms with Gasteiger partial charge >= 0.3 is 12.2 Å². The molecule has 2 amide bonds. The van der Waals surface area contributed by atoms with Crippen molar-refractivity contribution >= 4 is 6.03 Å². The molecule has 0 aliphatic rings. The summed E-state index contributed by atoms with van der Waals surface area (Å²) in [5, 5.41) is 1.73. The van der Waals surface area contributed by atoms with Crippen LogP contribution >= 0.6 is 0 Å². The number of amides is 2. The number of carbonyl (C=O) groups excluding carboxylic acids is 1. The topological polar surface area (TPSA) is 32.3 Å². The summed E-state index contributed by atoms with van der Waals surface area (Å²) in [7, 11) is 0. The van der Waals surface area contributed by atoms with Crippen molar-refractivity contribution in [3.05, 3.63) is 35.6 Å². The number of nitrogens with one attached hydrogen (secondary N) is 1. The summed E-state index contributed by atoms with van der Waals surface area (Å²) in [4.78, 5) is 12.6. The lowest BCUT2D eigenvalue weighted by molar-refractivity contribution is -0.123. The fraction of sp³-hybridized carbons (Fsp3) is 0.308. The molecular weight excluding hydrogens is 276 g/mol. The van der Waals surface area contributed by atoms with Crippen LogP contribution in [0.4, 0.5) is 22.4 Å². The van der Waals surface area contributed by atoms with Gasteiger partial charge in [0.05, 0.1) is 6.54 Å². The first kappa shape index (κ1) is 15.8. The summed E-state index contributed by atoms with van der Waals surface area (Å²) >= 11 is 0. The van der Waals surface area contributed by atoms with E-state index in [4.69, 9.17) is 6.42 Å². The molecule has 20 heavy (non-hydrogen) atoms. The van der Waals surface area contributed by atoms with Crippen LogP contribution in [0.15, 0.2) is 24.3 Å². The smallest absolute Gasteiger partial charge is 0.329 e. The normalized spacial score (nSPS) is 10.8. The van der Waals surface area contributed by atoms with Crippen LogP contribution < -0.4 is 5.32 Å². The first-order chi connectivity index (χ1) is 9.31. The van der Waals surface area contributed by atoms with Crippen molar-refractivity contribution in [2.75, 3.05) is 13.1 Å². The first-order valence-corrected chi connectivity index (χ1v) is 5.59. The van der Waals surface area contributed by atoms with E-state index in [1.807, 2.05) is 0 Å². The molecule has 0 aromatic heterocycles. The van der Waals surface area contributed by atoms with Gasteiger partial charge in [0, 0.05) is 6.54 Å². The first-order valence-electron chi connectivity index (χ1n) is 5.59. The Hall–Kier alpha value is -2.23. The second-order valence-corrected chi connectivity index (χ2v) is 3.96. The van der Waals surface area contributed by atoms with Gasteiger partial charge < -0.3 is 10.2 Å². The van der Waals surface area contributed by atoms with Crippen LogP contribution in [-0.4, -0.2) is 30.2 Å². The van der Waals surface area contributed by atoms with Gasteiger partial charge in [-0.1, -0.05) is 18.1 Å². The summed E-state index contributed by atoms with van der Waals surface area (Å²) in [6.45, 7) is -1.59. The quantitative estimate of drug-likeness (QED) is 0.670. The Kier molecular flexibility index (Phi) is 5.38. The van der Waals surface area contributed by atoms with Gasteiger partial charge in [-0.15, -0.1) is 6.42 Å². The monoisotopic (exact) mass is 288 g/mol. The fourth-order valence-corrected chi connectivity index (χ4v) is 1.41. The molecule has 0 spiro atoms. The molecule has 1 aromatic carbocycles. The molecule has 1 rings (SSSR count). The van der Waals surface area contributed by atoms with Gasteiger partial charge in [0.25, 0.3) is 0 Å². The highest BCUT2D eigenvalue weighted by Crippen LogP contribution is 2.13. The molecular formula is C13H12F4N2O. The SMILES string of the molecule is C#CCN(Cc1ccc(F)cc1)C(=O)NCC(F)(F)F. The van der Waals surface area contributed by atoms with Crippen LogP contribution in [0, 0.1) is 18.2 Å². The van der Waals surface area contributed by atoms with Crippen LogP contribution in [0.2, 0.25) is 0 Å². The number of hydrogen-bond acceptors (Lipinski definition) is 1. The van der Waals surface area contributed by atoms with Crippen LogP contribution in [0.3, 0.4) is 0 Å². The maximum Gasteiger partial charge on any atom is 0.405 e. The molecule has 0 atom stereocenters. The van der Waals surface area contributed by atoms with Gasteiger partial charge in [-0.25, -0.2) is 9.18 Å². The van der Waals surface area contributed by atoms with Crippen LogP contribution in [-0.2, 0) is 6.54 Å². The Labute approximate surface area is 113 Å². The number of urea groups is 1. The van der Waals surface area contributed by atoms with Crippen molar-refractivity contribution in [2.24, 2.45) is 0 Å². The fourth-order valence-electron chi connectivity index (χ4n) is 1.41. The van der Waals surface area contributed by atoms with Crippen molar-refractivity contribution < 1.29 is 22.4 Å². The van der Waals surface area contributed by atoms with Crippen molar-refractivity contribution in [1.29, 1.82) is 0 Å². The summed E-state index contributed by atoms with van der Waals surface area (Å²) in [5.74, 6) is 1.74. The number of benzene rings is 1. The van der Waals surface area contributed by atoms with E-state index in [1.165, 1.54) is 24.3 Å². The lowest BCUT2D eigenvalue weighted by Gasteiger charge is -2.21. The molecule has 0 saturated carbocycles. The molecule has 1 aromatic rings. The molecule has 0 heterocycles. The number of halogens is 4. The van der Waals surface area contributed by atoms with Gasteiger partial charge in [0.1, 0.15) is 12.4 Å². The lowest BCUT2D eigenvalue weighted by atomic mass is 10.2. The van der Waals surface area contributed by atoms with E-state index >= 15 is 0 Å². The van der Waals surface area contributed by atoms with E-state index in [0.29, 0.717) is 5.56 Å². The highest BCUT2D eigenvalue weighted by atomic mass is 19.4. The number of carbonyl (C=O) groups is 1. The Morgan fingerprint density at radius 3 is 2.40 bits per heavy atom. The third-order valence-corrected chi connectivity index (χ3v) is 2.30. The Bertz CT molecular complexity index is 491. The van der Waals surface area contributed by atoms with Gasteiger partial charge in [0.2, 0.25) is 0 Å². The molecule has 108 valence electrons. The number of rotatable bonds is 4. The van der Waals surface area contributed by atoms with Gasteiger partial charge in [-0.2, -0.15) is 13.2 Å². The maximum absolute atomic E-state index is 12.7. The number of hydrogen-bond donors (Lipinski definition) is 1. The summed E-state index contributed by atoms with van der Waals surface area (Å²) in [6.07, 6.45) is 0.580. The van der Waals surface area contributed by atoms with Gasteiger partial charge in [-0.3, -0.25) is 0 Å². The Morgan fingerprint density at radius 2 is 1.90 bits per heavy atom. The van der Waals surface area contributed by atoms with E-state index in [-0.39, 0.29) is 13.1 Å².